The minimum absolute atomic E-state index is 0.642. The summed E-state index contributed by atoms with van der Waals surface area (Å²) in [4.78, 5) is 0. The summed E-state index contributed by atoms with van der Waals surface area (Å²) in [5, 5.41) is 27.1. The van der Waals surface area contributed by atoms with Gasteiger partial charge in [-0.05, 0) is 0 Å². The molecular formula is C24H18ClN3Sn. The van der Waals surface area contributed by atoms with Gasteiger partial charge in [-0.25, -0.2) is 0 Å². The van der Waals surface area contributed by atoms with Gasteiger partial charge in [0.1, 0.15) is 0 Å². The van der Waals surface area contributed by atoms with E-state index in [1.807, 2.05) is 72.8 Å². The van der Waals surface area contributed by atoms with Crippen molar-refractivity contribution in [3.05, 3.63) is 106 Å². The summed E-state index contributed by atoms with van der Waals surface area (Å²) in [5.41, 5.74) is 5.38. The van der Waals surface area contributed by atoms with Crippen molar-refractivity contribution in [1.29, 1.82) is 15.8 Å². The van der Waals surface area contributed by atoms with E-state index in [9.17, 15) is 0 Å². The standard InChI is InChI=1S/3C8H6N.ClH.Sn/c3*1-7-2-4-8(6-9)5-3-7;;/h3*2-5H,1H2;1H;/q;;;;+1/p-1. The number of halogens is 1. The molecule has 29 heavy (non-hydrogen) atoms. The van der Waals surface area contributed by atoms with Gasteiger partial charge in [-0.3, -0.25) is 0 Å². The molecule has 0 atom stereocenters. The van der Waals surface area contributed by atoms with Crippen LogP contribution in [0.3, 0.4) is 0 Å². The van der Waals surface area contributed by atoms with Crippen molar-refractivity contribution in [2.45, 2.75) is 13.3 Å². The molecule has 0 heterocycles. The number of hydrogen-bond donors (Lipinski definition) is 0. The molecular weight excluding hydrogens is 484 g/mol. The van der Waals surface area contributed by atoms with E-state index in [2.05, 4.69) is 18.2 Å². The molecule has 0 aliphatic heterocycles. The summed E-state index contributed by atoms with van der Waals surface area (Å²) in [6.07, 6.45) is 0. The van der Waals surface area contributed by atoms with Crippen LogP contribution in [-0.4, -0.2) is 17.3 Å². The van der Waals surface area contributed by atoms with Gasteiger partial charge < -0.3 is 0 Å². The van der Waals surface area contributed by atoms with Crippen molar-refractivity contribution < 1.29 is 0 Å². The zero-order valence-electron chi connectivity index (χ0n) is 15.8. The fourth-order valence-corrected chi connectivity index (χ4v) is 15.8. The summed E-state index contributed by atoms with van der Waals surface area (Å²) < 4.78 is 2.51. The van der Waals surface area contributed by atoms with Crippen LogP contribution in [0.2, 0.25) is 0 Å². The van der Waals surface area contributed by atoms with Crippen LogP contribution < -0.4 is 0 Å². The zero-order valence-corrected chi connectivity index (χ0v) is 19.4. The Labute approximate surface area is 179 Å². The van der Waals surface area contributed by atoms with Gasteiger partial charge >= 0.3 is 180 Å². The molecule has 5 heteroatoms. The van der Waals surface area contributed by atoms with E-state index in [1.54, 1.807) is 0 Å². The molecule has 3 nitrogen and oxygen atoms in total. The Balaban J connectivity index is 1.88. The first-order valence-electron chi connectivity index (χ1n) is 9.20. The van der Waals surface area contributed by atoms with E-state index in [1.165, 1.54) is 0 Å². The summed E-state index contributed by atoms with van der Waals surface area (Å²) in [5.74, 6) is 0. The molecule has 3 rings (SSSR count). The van der Waals surface area contributed by atoms with E-state index in [0.717, 1.165) is 30.0 Å². The van der Waals surface area contributed by atoms with Gasteiger partial charge in [0.25, 0.3) is 0 Å². The average Bonchev–Trinajstić information content (AvgIpc) is 2.75. The van der Waals surface area contributed by atoms with Gasteiger partial charge in [-0.1, -0.05) is 0 Å². The predicted molar refractivity (Wildman–Crippen MR) is 116 cm³/mol. The molecule has 0 saturated heterocycles. The normalized spacial score (nSPS) is 10.6. The minimum atomic E-state index is -3.22. The summed E-state index contributed by atoms with van der Waals surface area (Å²) in [6.45, 7) is 0. The van der Waals surface area contributed by atoms with E-state index in [4.69, 9.17) is 24.7 Å². The van der Waals surface area contributed by atoms with E-state index >= 15 is 0 Å². The van der Waals surface area contributed by atoms with Gasteiger partial charge in [-0.15, -0.1) is 0 Å². The number of nitriles is 3. The molecule has 0 fully saturated rings. The number of hydrogen-bond acceptors (Lipinski definition) is 3. The summed E-state index contributed by atoms with van der Waals surface area (Å²) in [7, 11) is 7.38. The molecule has 0 amide bonds. The van der Waals surface area contributed by atoms with Crippen LogP contribution in [-0.2, 0) is 13.3 Å². The van der Waals surface area contributed by atoms with Crippen LogP contribution in [0, 0.1) is 34.0 Å². The predicted octanol–water partition coefficient (Wildman–Crippen LogP) is 5.13. The Hall–Kier alpha value is -2.78. The molecule has 140 valence electrons. The maximum absolute atomic E-state index is 9.03. The summed E-state index contributed by atoms with van der Waals surface area (Å²) >= 11 is -3.22. The quantitative estimate of drug-likeness (QED) is 0.439. The molecule has 0 aliphatic carbocycles. The first kappa shape index (κ1) is 20.9. The van der Waals surface area contributed by atoms with Crippen LogP contribution in [0.15, 0.2) is 72.8 Å². The first-order valence-corrected chi connectivity index (χ1v) is 18.9. The van der Waals surface area contributed by atoms with Crippen molar-refractivity contribution in [3.8, 4) is 18.2 Å². The molecule has 0 unspecified atom stereocenters. The van der Waals surface area contributed by atoms with Crippen molar-refractivity contribution in [2.75, 3.05) is 0 Å². The van der Waals surface area contributed by atoms with Crippen LogP contribution >= 0.6 is 8.92 Å². The second kappa shape index (κ2) is 9.62. The van der Waals surface area contributed by atoms with Gasteiger partial charge in [0.05, 0.1) is 0 Å². The number of nitrogens with zero attached hydrogens (tertiary/aromatic N) is 3. The van der Waals surface area contributed by atoms with Gasteiger partial charge in [0.2, 0.25) is 0 Å². The average molecular weight is 503 g/mol. The fraction of sp³-hybridized carbons (Fsp3) is 0.125. The molecule has 0 bridgehead atoms. The van der Waals surface area contributed by atoms with Crippen LogP contribution in [0.4, 0.5) is 0 Å². The number of rotatable bonds is 6. The van der Waals surface area contributed by atoms with Gasteiger partial charge in [0.15, 0.2) is 0 Å². The van der Waals surface area contributed by atoms with Gasteiger partial charge in [-0.2, -0.15) is 0 Å². The monoisotopic (exact) mass is 503 g/mol. The van der Waals surface area contributed by atoms with Gasteiger partial charge in [0, 0.05) is 0 Å². The molecule has 3 aromatic carbocycles. The molecule has 0 radical (unpaired) electrons. The van der Waals surface area contributed by atoms with Crippen LogP contribution in [0.25, 0.3) is 0 Å². The second-order valence-corrected chi connectivity index (χ2v) is 22.1. The molecule has 0 aliphatic rings. The van der Waals surface area contributed by atoms with Crippen molar-refractivity contribution in [1.82, 2.24) is 0 Å². The van der Waals surface area contributed by atoms with Crippen LogP contribution in [0.1, 0.15) is 33.4 Å². The fourth-order valence-electron chi connectivity index (χ4n) is 3.38. The topological polar surface area (TPSA) is 71.4 Å². The maximum atomic E-state index is 9.03. The number of benzene rings is 3. The first-order chi connectivity index (χ1) is 14.0. The van der Waals surface area contributed by atoms with Crippen LogP contribution in [0.5, 0.6) is 0 Å². The third kappa shape index (κ3) is 5.85. The molecule has 0 N–H and O–H groups in total. The Morgan fingerprint density at radius 1 is 0.517 bits per heavy atom. The van der Waals surface area contributed by atoms with E-state index < -0.39 is 17.3 Å². The van der Waals surface area contributed by atoms with Crippen molar-refractivity contribution >= 4 is 26.2 Å². The van der Waals surface area contributed by atoms with E-state index in [-0.39, 0.29) is 0 Å². The van der Waals surface area contributed by atoms with Crippen molar-refractivity contribution in [2.24, 2.45) is 0 Å². The third-order valence-electron chi connectivity index (χ3n) is 4.81. The van der Waals surface area contributed by atoms with Crippen molar-refractivity contribution in [3.63, 3.8) is 0 Å². The third-order valence-corrected chi connectivity index (χ3v) is 16.4. The molecule has 0 saturated carbocycles. The molecule has 3 aromatic rings. The molecule has 0 aromatic heterocycles. The SMILES string of the molecule is N#Cc1ccc([CH2][Sn]([Cl])([CH2]c2ccc(C#N)cc2)[CH2]c2ccc(C#N)cc2)cc1. The Kier molecular flexibility index (Phi) is 6.94. The summed E-state index contributed by atoms with van der Waals surface area (Å²) in [6, 6.07) is 29.4. The zero-order chi connectivity index (χ0) is 20.7. The second-order valence-electron chi connectivity index (χ2n) is 7.11. The Morgan fingerprint density at radius 3 is 0.966 bits per heavy atom. The Morgan fingerprint density at radius 2 is 0.759 bits per heavy atom. The molecule has 0 spiro atoms. The Bertz CT molecular complexity index is 956. The van der Waals surface area contributed by atoms with E-state index in [0.29, 0.717) is 16.7 Å².